The van der Waals surface area contributed by atoms with Gasteiger partial charge in [-0.15, -0.1) is 0 Å². The number of sulfonamides is 1. The number of ketones is 1. The molecule has 4 nitrogen and oxygen atoms in total. The van der Waals surface area contributed by atoms with Crippen LogP contribution in [0.2, 0.25) is 0 Å². The van der Waals surface area contributed by atoms with E-state index >= 15 is 0 Å². The molecule has 1 aliphatic carbocycles. The molecule has 1 aromatic rings. The van der Waals surface area contributed by atoms with Gasteiger partial charge in [0.1, 0.15) is 0 Å². The highest BCUT2D eigenvalue weighted by Crippen LogP contribution is 2.38. The number of carbonyl (C=O) groups excluding carboxylic acids is 1. The largest absolute Gasteiger partial charge is 0.294 e. The van der Waals surface area contributed by atoms with Crippen molar-refractivity contribution < 1.29 is 13.2 Å². The highest BCUT2D eigenvalue weighted by atomic mass is 32.2. The minimum Gasteiger partial charge on any atom is -0.294 e. The molecule has 0 bridgehead atoms. The molecule has 21 heavy (non-hydrogen) atoms. The van der Waals surface area contributed by atoms with Crippen LogP contribution in [0, 0.1) is 5.41 Å². The van der Waals surface area contributed by atoms with Gasteiger partial charge in [0.15, 0.2) is 5.78 Å². The number of rotatable bonds is 5. The molecule has 5 heteroatoms. The fourth-order valence-corrected chi connectivity index (χ4v) is 3.49. The number of hydrogen-bond acceptors (Lipinski definition) is 3. The van der Waals surface area contributed by atoms with Crippen LogP contribution in [0.15, 0.2) is 24.3 Å². The zero-order valence-corrected chi connectivity index (χ0v) is 13.5. The minimum atomic E-state index is -3.27. The molecular weight excluding hydrogens is 286 g/mol. The predicted molar refractivity (Wildman–Crippen MR) is 85.0 cm³/mol. The van der Waals surface area contributed by atoms with Crippen LogP contribution in [0.5, 0.6) is 0 Å². The van der Waals surface area contributed by atoms with Crippen LogP contribution in [-0.2, 0) is 10.0 Å². The van der Waals surface area contributed by atoms with Gasteiger partial charge in [-0.05, 0) is 44.0 Å². The second-order valence-corrected chi connectivity index (χ2v) is 8.04. The third kappa shape index (κ3) is 3.84. The second kappa shape index (κ2) is 6.18. The fourth-order valence-electron chi connectivity index (χ4n) is 2.85. The summed E-state index contributed by atoms with van der Waals surface area (Å²) in [6, 6.07) is 6.75. The third-order valence-corrected chi connectivity index (χ3v) is 5.61. The van der Waals surface area contributed by atoms with Crippen molar-refractivity contribution in [1.29, 1.82) is 0 Å². The maximum Gasteiger partial charge on any atom is 0.232 e. The Balaban J connectivity index is 2.13. The van der Waals surface area contributed by atoms with Crippen LogP contribution in [0.25, 0.3) is 0 Å². The molecule has 0 atom stereocenters. The van der Waals surface area contributed by atoms with Crippen molar-refractivity contribution in [1.82, 2.24) is 0 Å². The first kappa shape index (κ1) is 16.0. The first-order chi connectivity index (χ1) is 9.86. The highest BCUT2D eigenvalue weighted by molar-refractivity contribution is 7.92. The Bertz CT molecular complexity index is 599. The standard InChI is InChI=1S/C16H23NO3S/c1-3-21(19,20)17-14-9-7-13(8-10-14)15(18)16(2)11-5-4-6-12-16/h7-10,17H,3-6,11-12H2,1-2H3. The van der Waals surface area contributed by atoms with Crippen LogP contribution in [-0.4, -0.2) is 20.0 Å². The van der Waals surface area contributed by atoms with E-state index in [9.17, 15) is 13.2 Å². The molecule has 0 spiro atoms. The summed E-state index contributed by atoms with van der Waals surface area (Å²) in [6.07, 6.45) is 5.31. The van der Waals surface area contributed by atoms with Gasteiger partial charge in [-0.1, -0.05) is 26.2 Å². The molecule has 1 saturated carbocycles. The molecule has 0 unspecified atom stereocenters. The maximum absolute atomic E-state index is 12.6. The molecule has 0 heterocycles. The average Bonchev–Trinajstić information content (AvgIpc) is 2.48. The van der Waals surface area contributed by atoms with Gasteiger partial charge in [-0.3, -0.25) is 9.52 Å². The van der Waals surface area contributed by atoms with E-state index in [1.807, 2.05) is 6.92 Å². The van der Waals surface area contributed by atoms with Gasteiger partial charge in [-0.2, -0.15) is 0 Å². The van der Waals surface area contributed by atoms with E-state index in [1.165, 1.54) is 6.42 Å². The summed E-state index contributed by atoms with van der Waals surface area (Å²) in [5.41, 5.74) is 0.906. The van der Waals surface area contributed by atoms with Crippen LogP contribution in [0.1, 0.15) is 56.3 Å². The molecule has 1 aliphatic rings. The van der Waals surface area contributed by atoms with Crippen molar-refractivity contribution in [3.63, 3.8) is 0 Å². The van der Waals surface area contributed by atoms with E-state index < -0.39 is 10.0 Å². The molecule has 1 fully saturated rings. The number of carbonyl (C=O) groups is 1. The number of anilines is 1. The van der Waals surface area contributed by atoms with Crippen LogP contribution in [0.4, 0.5) is 5.69 Å². The van der Waals surface area contributed by atoms with Gasteiger partial charge in [0.25, 0.3) is 0 Å². The quantitative estimate of drug-likeness (QED) is 0.845. The summed E-state index contributed by atoms with van der Waals surface area (Å²) in [5, 5.41) is 0. The van der Waals surface area contributed by atoms with Crippen molar-refractivity contribution in [2.45, 2.75) is 46.0 Å². The maximum atomic E-state index is 12.6. The first-order valence-electron chi connectivity index (χ1n) is 7.52. The van der Waals surface area contributed by atoms with Gasteiger partial charge in [0.2, 0.25) is 10.0 Å². The summed E-state index contributed by atoms with van der Waals surface area (Å²) in [7, 11) is -3.27. The van der Waals surface area contributed by atoms with Crippen molar-refractivity contribution in [3.05, 3.63) is 29.8 Å². The summed E-state index contributed by atoms with van der Waals surface area (Å²) in [6.45, 7) is 3.63. The van der Waals surface area contributed by atoms with E-state index in [4.69, 9.17) is 0 Å². The lowest BCUT2D eigenvalue weighted by molar-refractivity contribution is 0.0749. The molecule has 0 saturated heterocycles. The predicted octanol–water partition coefficient (Wildman–Crippen LogP) is 3.60. The topological polar surface area (TPSA) is 63.2 Å². The second-order valence-electron chi connectivity index (χ2n) is 6.03. The molecule has 0 aromatic heterocycles. The van der Waals surface area contributed by atoms with Gasteiger partial charge in [0, 0.05) is 16.7 Å². The Kier molecular flexibility index (Phi) is 4.71. The molecule has 1 N–H and O–H groups in total. The lowest BCUT2D eigenvalue weighted by Crippen LogP contribution is -2.30. The number of benzene rings is 1. The Morgan fingerprint density at radius 3 is 2.24 bits per heavy atom. The van der Waals surface area contributed by atoms with E-state index in [0.717, 1.165) is 25.7 Å². The molecule has 2 rings (SSSR count). The Labute approximate surface area is 127 Å². The number of Topliss-reactive ketones (excluding diaryl/α,β-unsaturated/α-hetero) is 1. The molecule has 0 aliphatic heterocycles. The summed E-state index contributed by atoms with van der Waals surface area (Å²) < 4.78 is 25.5. The van der Waals surface area contributed by atoms with Crippen molar-refractivity contribution in [2.24, 2.45) is 5.41 Å². The van der Waals surface area contributed by atoms with E-state index in [-0.39, 0.29) is 17.0 Å². The van der Waals surface area contributed by atoms with Crippen molar-refractivity contribution in [2.75, 3.05) is 10.5 Å². The fraction of sp³-hybridized carbons (Fsp3) is 0.562. The SMILES string of the molecule is CCS(=O)(=O)Nc1ccc(C(=O)C2(C)CCCCC2)cc1. The van der Waals surface area contributed by atoms with Crippen LogP contribution in [0.3, 0.4) is 0 Å². The van der Waals surface area contributed by atoms with Gasteiger partial charge in [-0.25, -0.2) is 8.42 Å². The Hall–Kier alpha value is -1.36. The smallest absolute Gasteiger partial charge is 0.232 e. The monoisotopic (exact) mass is 309 g/mol. The summed E-state index contributed by atoms with van der Waals surface area (Å²) in [5.74, 6) is 0.207. The van der Waals surface area contributed by atoms with Crippen LogP contribution >= 0.6 is 0 Å². The van der Waals surface area contributed by atoms with Gasteiger partial charge >= 0.3 is 0 Å². The zero-order chi connectivity index (χ0) is 15.5. The molecule has 1 aromatic carbocycles. The minimum absolute atomic E-state index is 0.0335. The van der Waals surface area contributed by atoms with Crippen molar-refractivity contribution in [3.8, 4) is 0 Å². The Morgan fingerprint density at radius 1 is 1.14 bits per heavy atom. The lowest BCUT2D eigenvalue weighted by Gasteiger charge is -2.32. The van der Waals surface area contributed by atoms with Crippen LogP contribution < -0.4 is 4.72 Å². The molecule has 0 radical (unpaired) electrons. The zero-order valence-electron chi connectivity index (χ0n) is 12.7. The molecular formula is C16H23NO3S. The third-order valence-electron chi connectivity index (χ3n) is 4.31. The number of hydrogen-bond donors (Lipinski definition) is 1. The van der Waals surface area contributed by atoms with E-state index in [1.54, 1.807) is 31.2 Å². The van der Waals surface area contributed by atoms with Gasteiger partial charge in [0.05, 0.1) is 5.75 Å². The summed E-state index contributed by atoms with van der Waals surface area (Å²) in [4.78, 5) is 12.6. The Morgan fingerprint density at radius 2 is 1.71 bits per heavy atom. The molecule has 116 valence electrons. The lowest BCUT2D eigenvalue weighted by atomic mass is 9.71. The average molecular weight is 309 g/mol. The van der Waals surface area contributed by atoms with E-state index in [0.29, 0.717) is 11.3 Å². The normalized spacial score (nSPS) is 18.2. The van der Waals surface area contributed by atoms with Crippen molar-refractivity contribution >= 4 is 21.5 Å². The van der Waals surface area contributed by atoms with Gasteiger partial charge < -0.3 is 0 Å². The number of nitrogens with one attached hydrogen (secondary N) is 1. The van der Waals surface area contributed by atoms with E-state index in [2.05, 4.69) is 4.72 Å². The first-order valence-corrected chi connectivity index (χ1v) is 9.17. The highest BCUT2D eigenvalue weighted by Gasteiger charge is 2.34. The summed E-state index contributed by atoms with van der Waals surface area (Å²) >= 11 is 0. The molecule has 0 amide bonds.